The van der Waals surface area contributed by atoms with Crippen molar-refractivity contribution in [2.75, 3.05) is 12.3 Å². The van der Waals surface area contributed by atoms with E-state index in [1.54, 1.807) is 12.1 Å². The van der Waals surface area contributed by atoms with E-state index >= 15 is 0 Å². The highest BCUT2D eigenvalue weighted by Crippen LogP contribution is 2.17. The Balaban J connectivity index is 2.19. The molecule has 1 rings (SSSR count). The van der Waals surface area contributed by atoms with Gasteiger partial charge in [0.1, 0.15) is 0 Å². The van der Waals surface area contributed by atoms with Gasteiger partial charge >= 0.3 is 0 Å². The van der Waals surface area contributed by atoms with Gasteiger partial charge in [0, 0.05) is 24.4 Å². The van der Waals surface area contributed by atoms with Gasteiger partial charge in [-0.25, -0.2) is 4.99 Å². The number of benzene rings is 1. The van der Waals surface area contributed by atoms with Crippen molar-refractivity contribution in [3.63, 3.8) is 0 Å². The molecule has 1 aromatic rings. The van der Waals surface area contributed by atoms with E-state index in [9.17, 15) is 10.1 Å². The van der Waals surface area contributed by atoms with Crippen LogP contribution in [0.5, 0.6) is 0 Å². The van der Waals surface area contributed by atoms with Crippen LogP contribution in [0.1, 0.15) is 18.4 Å². The lowest BCUT2D eigenvalue weighted by Crippen LogP contribution is -1.89. The first-order valence-electron chi connectivity index (χ1n) is 5.58. The SMILES string of the molecule is O=[N+]([O-])c1ccc(CSCCCCN=C=S)cc1. The summed E-state index contributed by atoms with van der Waals surface area (Å²) in [4.78, 5) is 13.9. The Morgan fingerprint density at radius 3 is 2.67 bits per heavy atom. The maximum Gasteiger partial charge on any atom is 0.269 e. The van der Waals surface area contributed by atoms with Gasteiger partial charge in [0.15, 0.2) is 0 Å². The van der Waals surface area contributed by atoms with E-state index in [1.165, 1.54) is 0 Å². The summed E-state index contributed by atoms with van der Waals surface area (Å²) < 4.78 is 0. The molecule has 96 valence electrons. The number of thiocarbonyl (C=S) groups is 1. The second-order valence-electron chi connectivity index (χ2n) is 3.66. The lowest BCUT2D eigenvalue weighted by molar-refractivity contribution is -0.384. The molecule has 0 aliphatic rings. The highest BCUT2D eigenvalue weighted by atomic mass is 32.2. The molecular formula is C12H14N2O2S2. The van der Waals surface area contributed by atoms with Crippen LogP contribution in [0.4, 0.5) is 5.69 Å². The Morgan fingerprint density at radius 2 is 2.06 bits per heavy atom. The number of nitro groups is 1. The molecule has 0 N–H and O–H groups in total. The first kappa shape index (κ1) is 14.8. The normalized spacial score (nSPS) is 9.78. The van der Waals surface area contributed by atoms with Crippen molar-refractivity contribution in [3.05, 3.63) is 39.9 Å². The summed E-state index contributed by atoms with van der Waals surface area (Å²) in [7, 11) is 0. The maximum atomic E-state index is 10.5. The lowest BCUT2D eigenvalue weighted by atomic mass is 10.2. The number of aliphatic imine (C=N–C) groups is 1. The largest absolute Gasteiger partial charge is 0.269 e. The number of non-ortho nitro benzene ring substituents is 1. The Bertz CT molecular complexity index is 428. The monoisotopic (exact) mass is 282 g/mol. The summed E-state index contributed by atoms with van der Waals surface area (Å²) in [6, 6.07) is 6.71. The number of nitrogens with zero attached hydrogens (tertiary/aromatic N) is 2. The van der Waals surface area contributed by atoms with Crippen LogP contribution in [0.2, 0.25) is 0 Å². The number of unbranched alkanes of at least 4 members (excludes halogenated alkanes) is 1. The predicted octanol–water partition coefficient (Wildman–Crippen LogP) is 3.71. The highest BCUT2D eigenvalue weighted by Gasteiger charge is 2.03. The molecule has 0 spiro atoms. The standard InChI is InChI=1S/C12H14N2O2S2/c15-14(16)12-5-3-11(4-6-12)9-18-8-2-1-7-13-10-17/h3-6H,1-2,7-9H2. The van der Waals surface area contributed by atoms with Crippen LogP contribution in [-0.2, 0) is 5.75 Å². The van der Waals surface area contributed by atoms with Gasteiger partial charge in [0.05, 0.1) is 10.1 Å². The molecular weight excluding hydrogens is 268 g/mol. The minimum Gasteiger partial charge on any atom is -0.258 e. The average Bonchev–Trinajstić information content (AvgIpc) is 2.38. The Hall–Kier alpha value is -1.23. The van der Waals surface area contributed by atoms with Crippen LogP contribution in [0.15, 0.2) is 29.3 Å². The summed E-state index contributed by atoms with van der Waals surface area (Å²) in [6.07, 6.45) is 2.12. The van der Waals surface area contributed by atoms with Crippen molar-refractivity contribution < 1.29 is 4.92 Å². The minimum atomic E-state index is -0.381. The number of nitro benzene ring substituents is 1. The van der Waals surface area contributed by atoms with Crippen LogP contribution in [0.3, 0.4) is 0 Å². The maximum absolute atomic E-state index is 10.5. The molecule has 0 unspecified atom stereocenters. The third-order valence-corrected chi connectivity index (χ3v) is 3.53. The fraction of sp³-hybridized carbons (Fsp3) is 0.417. The number of thioether (sulfide) groups is 1. The Kier molecular flexibility index (Phi) is 7.25. The minimum absolute atomic E-state index is 0.141. The summed E-state index contributed by atoms with van der Waals surface area (Å²) in [5.74, 6) is 1.94. The van der Waals surface area contributed by atoms with Gasteiger partial charge in [0.25, 0.3) is 5.69 Å². The predicted molar refractivity (Wildman–Crippen MR) is 78.4 cm³/mol. The zero-order valence-corrected chi connectivity index (χ0v) is 11.5. The third-order valence-electron chi connectivity index (χ3n) is 2.29. The van der Waals surface area contributed by atoms with E-state index in [-0.39, 0.29) is 10.6 Å². The van der Waals surface area contributed by atoms with Crippen molar-refractivity contribution in [1.29, 1.82) is 0 Å². The molecule has 4 nitrogen and oxygen atoms in total. The van der Waals surface area contributed by atoms with Crippen molar-refractivity contribution in [2.24, 2.45) is 4.99 Å². The first-order valence-corrected chi connectivity index (χ1v) is 7.15. The van der Waals surface area contributed by atoms with Gasteiger partial charge in [-0.1, -0.05) is 12.1 Å². The van der Waals surface area contributed by atoms with Crippen molar-refractivity contribution in [3.8, 4) is 0 Å². The van der Waals surface area contributed by atoms with E-state index in [1.807, 2.05) is 23.9 Å². The molecule has 0 saturated carbocycles. The van der Waals surface area contributed by atoms with Crippen LogP contribution in [0, 0.1) is 10.1 Å². The van der Waals surface area contributed by atoms with E-state index in [4.69, 9.17) is 0 Å². The zero-order valence-electron chi connectivity index (χ0n) is 9.87. The number of hydrogen-bond acceptors (Lipinski definition) is 5. The number of isothiocyanates is 1. The first-order chi connectivity index (χ1) is 8.74. The van der Waals surface area contributed by atoms with Crippen LogP contribution in [0.25, 0.3) is 0 Å². The van der Waals surface area contributed by atoms with E-state index in [0.29, 0.717) is 0 Å². The fourth-order valence-corrected chi connectivity index (χ4v) is 2.42. The lowest BCUT2D eigenvalue weighted by Gasteiger charge is -2.01. The molecule has 1 aromatic carbocycles. The molecule has 0 amide bonds. The van der Waals surface area contributed by atoms with Gasteiger partial charge in [-0.2, -0.15) is 11.8 Å². The Morgan fingerprint density at radius 1 is 1.33 bits per heavy atom. The Labute approximate surface area is 116 Å². The molecule has 18 heavy (non-hydrogen) atoms. The van der Waals surface area contributed by atoms with E-state index in [0.717, 1.165) is 36.5 Å². The van der Waals surface area contributed by atoms with E-state index in [2.05, 4.69) is 22.4 Å². The molecule has 0 atom stereocenters. The quantitative estimate of drug-likeness (QED) is 0.240. The van der Waals surface area contributed by atoms with Crippen LogP contribution < -0.4 is 0 Å². The fourth-order valence-electron chi connectivity index (χ4n) is 1.34. The molecule has 0 radical (unpaired) electrons. The molecule has 0 fully saturated rings. The topological polar surface area (TPSA) is 55.5 Å². The molecule has 0 aliphatic carbocycles. The second-order valence-corrected chi connectivity index (χ2v) is 4.94. The molecule has 0 aliphatic heterocycles. The zero-order chi connectivity index (χ0) is 13.2. The second kappa shape index (κ2) is 8.80. The van der Waals surface area contributed by atoms with Gasteiger partial charge in [-0.05, 0) is 36.4 Å². The summed E-state index contributed by atoms with van der Waals surface area (Å²) in [6.45, 7) is 0.752. The summed E-state index contributed by atoms with van der Waals surface area (Å²) >= 11 is 6.30. The average molecular weight is 282 g/mol. The van der Waals surface area contributed by atoms with Crippen molar-refractivity contribution >= 4 is 34.8 Å². The summed E-state index contributed by atoms with van der Waals surface area (Å²) in [5.41, 5.74) is 1.25. The highest BCUT2D eigenvalue weighted by molar-refractivity contribution is 7.98. The molecule has 0 heterocycles. The molecule has 0 aromatic heterocycles. The van der Waals surface area contributed by atoms with Gasteiger partial charge in [0.2, 0.25) is 0 Å². The van der Waals surface area contributed by atoms with Crippen LogP contribution >= 0.6 is 24.0 Å². The van der Waals surface area contributed by atoms with E-state index < -0.39 is 0 Å². The summed E-state index contributed by atoms with van der Waals surface area (Å²) in [5, 5.41) is 12.8. The van der Waals surface area contributed by atoms with Gasteiger partial charge < -0.3 is 0 Å². The van der Waals surface area contributed by atoms with Crippen molar-refractivity contribution in [2.45, 2.75) is 18.6 Å². The van der Waals surface area contributed by atoms with Gasteiger partial charge in [-0.3, -0.25) is 10.1 Å². The third kappa shape index (κ3) is 5.91. The molecule has 0 bridgehead atoms. The number of hydrogen-bond donors (Lipinski definition) is 0. The van der Waals surface area contributed by atoms with Gasteiger partial charge in [-0.15, -0.1) is 0 Å². The van der Waals surface area contributed by atoms with Crippen LogP contribution in [-0.4, -0.2) is 22.4 Å². The molecule has 6 heteroatoms. The molecule has 0 saturated heterocycles. The smallest absolute Gasteiger partial charge is 0.258 e. The number of rotatable bonds is 8. The van der Waals surface area contributed by atoms with Crippen molar-refractivity contribution in [1.82, 2.24) is 0 Å².